The highest BCUT2D eigenvalue weighted by Gasteiger charge is 2.53. The molecule has 32 heavy (non-hydrogen) atoms. The molecule has 3 atom stereocenters. The number of allylic oxidation sites excluding steroid dienone is 2. The number of carbonyl (C=O) groups excluding carboxylic acids is 1. The topological polar surface area (TPSA) is 92.8 Å². The average molecular weight is 444 g/mol. The molecular weight excluding hydrogens is 422 g/mol. The number of Topliss-reactive ketones (excluding diaryl/α,β-unsaturated/α-hetero) is 1. The van der Waals surface area contributed by atoms with E-state index in [2.05, 4.69) is 11.2 Å². The lowest BCUT2D eigenvalue weighted by molar-refractivity contribution is -0.121. The second-order valence-corrected chi connectivity index (χ2v) is 10.2. The van der Waals surface area contributed by atoms with Gasteiger partial charge < -0.3 is 0 Å². The van der Waals surface area contributed by atoms with Crippen LogP contribution in [0.2, 0.25) is 0 Å². The lowest BCUT2D eigenvalue weighted by Crippen LogP contribution is -2.48. The number of carbonyl (C=O) groups is 1. The molecule has 0 N–H and O–H groups in total. The molecule has 160 valence electrons. The van der Waals surface area contributed by atoms with Gasteiger partial charge in [0.15, 0.2) is 5.78 Å². The van der Waals surface area contributed by atoms with Gasteiger partial charge in [0.2, 0.25) is 0 Å². The molecule has 0 amide bonds. The fourth-order valence-electron chi connectivity index (χ4n) is 5.24. The van der Waals surface area contributed by atoms with Crippen LogP contribution >= 0.6 is 0 Å². The zero-order valence-corrected chi connectivity index (χ0v) is 18.3. The van der Waals surface area contributed by atoms with Crippen molar-refractivity contribution in [3.63, 3.8) is 0 Å². The molecule has 1 heterocycles. The van der Waals surface area contributed by atoms with E-state index < -0.39 is 15.4 Å². The van der Waals surface area contributed by atoms with Crippen molar-refractivity contribution < 1.29 is 13.2 Å². The Morgan fingerprint density at radius 3 is 2.41 bits per heavy atom. The van der Waals surface area contributed by atoms with Crippen LogP contribution in [0.1, 0.15) is 30.2 Å². The summed E-state index contributed by atoms with van der Waals surface area (Å²) < 4.78 is 27.6. The third kappa shape index (κ3) is 2.80. The second-order valence-electron chi connectivity index (χ2n) is 8.40. The summed E-state index contributed by atoms with van der Waals surface area (Å²) in [5.74, 6) is -0.660. The lowest BCUT2D eigenvalue weighted by Gasteiger charge is -2.46. The molecule has 0 aliphatic heterocycles. The Labute approximate surface area is 186 Å². The monoisotopic (exact) mass is 443 g/mol. The third-order valence-corrected chi connectivity index (χ3v) is 8.33. The van der Waals surface area contributed by atoms with Crippen LogP contribution in [0.5, 0.6) is 0 Å². The Morgan fingerprint density at radius 1 is 1.09 bits per heavy atom. The van der Waals surface area contributed by atoms with E-state index in [1.54, 1.807) is 42.6 Å². The zero-order valence-electron chi connectivity index (χ0n) is 17.5. The highest BCUT2D eigenvalue weighted by molar-refractivity contribution is 7.89. The Kier molecular flexibility index (Phi) is 4.64. The van der Waals surface area contributed by atoms with Gasteiger partial charge >= 0.3 is 0 Å². The van der Waals surface area contributed by atoms with Crippen molar-refractivity contribution in [1.29, 1.82) is 5.26 Å². The number of nitriles is 1. The van der Waals surface area contributed by atoms with Crippen molar-refractivity contribution in [1.82, 2.24) is 9.19 Å². The van der Waals surface area contributed by atoms with Crippen LogP contribution in [0.15, 0.2) is 83.4 Å². The smallest absolute Gasteiger partial charge is 0.282 e. The maximum atomic E-state index is 13.3. The maximum absolute atomic E-state index is 13.3. The predicted octanol–water partition coefficient (Wildman–Crippen LogP) is 3.64. The standard InChI is InChI=1S/C25H21N3O3S/c1-17-22-13-12-18-16-28(32(30,31)21-10-6-3-7-11-21)27-24(18)25(22,14-19(15-26)23(17)29)20-8-4-2-5-9-20/h2-11,14,16-17,22H,12-13H2,1H3/t17?,22?,25-/m1/s1. The zero-order chi connectivity index (χ0) is 22.5. The van der Waals surface area contributed by atoms with Crippen molar-refractivity contribution in [2.75, 3.05) is 0 Å². The van der Waals surface area contributed by atoms with E-state index in [1.165, 1.54) is 0 Å². The molecule has 3 aromatic rings. The van der Waals surface area contributed by atoms with Gasteiger partial charge in [-0.05, 0) is 48.1 Å². The van der Waals surface area contributed by atoms with Crippen molar-refractivity contribution in [2.45, 2.75) is 30.1 Å². The van der Waals surface area contributed by atoms with Crippen molar-refractivity contribution >= 4 is 15.8 Å². The van der Waals surface area contributed by atoms with Crippen molar-refractivity contribution in [3.05, 3.63) is 95.3 Å². The fraction of sp³-hybridized carbons (Fsp3) is 0.240. The van der Waals surface area contributed by atoms with E-state index in [0.717, 1.165) is 15.2 Å². The molecule has 0 radical (unpaired) electrons. The van der Waals surface area contributed by atoms with Crippen LogP contribution in [0.25, 0.3) is 0 Å². The van der Waals surface area contributed by atoms with Gasteiger partial charge in [-0.3, -0.25) is 4.79 Å². The molecule has 0 saturated heterocycles. The summed E-state index contributed by atoms with van der Waals surface area (Å²) in [5, 5.41) is 14.3. The number of aryl methyl sites for hydroxylation is 1. The van der Waals surface area contributed by atoms with Crippen LogP contribution in [-0.2, 0) is 26.7 Å². The minimum atomic E-state index is -3.87. The molecule has 2 aliphatic rings. The second kappa shape index (κ2) is 7.28. The number of rotatable bonds is 3. The molecule has 6 nitrogen and oxygen atoms in total. The molecule has 0 fully saturated rings. The molecule has 0 bridgehead atoms. The molecular formula is C25H21N3O3S. The molecule has 2 aliphatic carbocycles. The minimum absolute atomic E-state index is 0.103. The molecule has 0 saturated carbocycles. The molecule has 5 rings (SSSR count). The summed E-state index contributed by atoms with van der Waals surface area (Å²) in [6.45, 7) is 1.86. The van der Waals surface area contributed by atoms with Gasteiger partial charge in [0, 0.05) is 12.1 Å². The number of aromatic nitrogens is 2. The normalized spacial score (nSPS) is 24.8. The van der Waals surface area contributed by atoms with Crippen LogP contribution in [0, 0.1) is 23.2 Å². The summed E-state index contributed by atoms with van der Waals surface area (Å²) in [7, 11) is -3.87. The summed E-state index contributed by atoms with van der Waals surface area (Å²) in [5.41, 5.74) is 1.59. The highest BCUT2D eigenvalue weighted by atomic mass is 32.2. The number of hydrogen-bond donors (Lipinski definition) is 0. The number of fused-ring (bicyclic) bond motifs is 3. The minimum Gasteiger partial charge on any atom is -0.293 e. The first-order chi connectivity index (χ1) is 15.4. The summed E-state index contributed by atoms with van der Waals surface area (Å²) >= 11 is 0. The number of benzene rings is 2. The molecule has 2 aromatic carbocycles. The Morgan fingerprint density at radius 2 is 1.75 bits per heavy atom. The quantitative estimate of drug-likeness (QED) is 0.616. The van der Waals surface area contributed by atoms with E-state index in [0.29, 0.717) is 18.5 Å². The van der Waals surface area contributed by atoms with Gasteiger partial charge in [0.05, 0.1) is 21.6 Å². The van der Waals surface area contributed by atoms with Crippen LogP contribution in [-0.4, -0.2) is 23.4 Å². The fourth-order valence-corrected chi connectivity index (χ4v) is 6.41. The molecule has 0 spiro atoms. The Bertz CT molecular complexity index is 1390. The van der Waals surface area contributed by atoms with Crippen LogP contribution < -0.4 is 0 Å². The largest absolute Gasteiger partial charge is 0.293 e. The highest BCUT2D eigenvalue weighted by Crippen LogP contribution is 2.53. The number of hydrogen-bond acceptors (Lipinski definition) is 5. The van der Waals surface area contributed by atoms with Crippen molar-refractivity contribution in [2.24, 2.45) is 11.8 Å². The molecule has 2 unspecified atom stereocenters. The van der Waals surface area contributed by atoms with E-state index in [4.69, 9.17) is 0 Å². The van der Waals surface area contributed by atoms with E-state index >= 15 is 0 Å². The lowest BCUT2D eigenvalue weighted by atomic mass is 9.54. The average Bonchev–Trinajstić information content (AvgIpc) is 3.28. The van der Waals surface area contributed by atoms with E-state index in [-0.39, 0.29) is 28.1 Å². The third-order valence-electron chi connectivity index (χ3n) is 6.78. The maximum Gasteiger partial charge on any atom is 0.282 e. The number of ketones is 1. The van der Waals surface area contributed by atoms with E-state index in [1.807, 2.05) is 37.3 Å². The van der Waals surface area contributed by atoms with Gasteiger partial charge in [-0.25, -0.2) is 0 Å². The summed E-state index contributed by atoms with van der Waals surface area (Å²) in [4.78, 5) is 13.0. The van der Waals surface area contributed by atoms with E-state index in [9.17, 15) is 18.5 Å². The van der Waals surface area contributed by atoms with Crippen molar-refractivity contribution in [3.8, 4) is 6.07 Å². The predicted molar refractivity (Wildman–Crippen MR) is 118 cm³/mol. The Hall–Kier alpha value is -3.50. The Balaban J connectivity index is 1.79. The van der Waals surface area contributed by atoms with Gasteiger partial charge in [-0.15, -0.1) is 0 Å². The molecule has 7 heteroatoms. The van der Waals surface area contributed by atoms with Crippen LogP contribution in [0.3, 0.4) is 0 Å². The van der Waals surface area contributed by atoms with Crippen LogP contribution in [0.4, 0.5) is 0 Å². The first-order valence-electron chi connectivity index (χ1n) is 10.5. The summed E-state index contributed by atoms with van der Waals surface area (Å²) in [6.07, 6.45) is 4.62. The molecule has 1 aromatic heterocycles. The summed E-state index contributed by atoms with van der Waals surface area (Å²) in [6, 6.07) is 19.9. The SMILES string of the molecule is CC1C(=O)C(C#N)=C[C@]2(c3ccccc3)c3nn(S(=O)(=O)c4ccccc4)cc3CCC12. The van der Waals surface area contributed by atoms with Gasteiger partial charge in [-0.2, -0.15) is 22.9 Å². The first-order valence-corrected chi connectivity index (χ1v) is 12.0. The van der Waals surface area contributed by atoms with Gasteiger partial charge in [0.1, 0.15) is 6.07 Å². The number of nitrogens with zero attached hydrogens (tertiary/aromatic N) is 3. The first kappa shape index (κ1) is 20.4. The van der Waals surface area contributed by atoms with Gasteiger partial charge in [0.25, 0.3) is 10.0 Å². The van der Waals surface area contributed by atoms with Gasteiger partial charge in [-0.1, -0.05) is 55.5 Å².